The predicted molar refractivity (Wildman–Crippen MR) is 46.9 cm³/mol. The highest BCUT2D eigenvalue weighted by Gasteiger charge is 2.19. The zero-order chi connectivity index (χ0) is 10.4. The molecule has 0 aliphatic rings. The minimum atomic E-state index is -0.735. The van der Waals surface area contributed by atoms with Crippen molar-refractivity contribution in [1.82, 2.24) is 15.3 Å². The second kappa shape index (κ2) is 5.00. The lowest BCUT2D eigenvalue weighted by atomic mass is 10.2. The van der Waals surface area contributed by atoms with Gasteiger partial charge in [0.2, 0.25) is 0 Å². The Morgan fingerprint density at radius 3 is 3.14 bits per heavy atom. The maximum absolute atomic E-state index is 11.1. The molecule has 1 atom stereocenters. The van der Waals surface area contributed by atoms with Crippen LogP contribution in [0.2, 0.25) is 0 Å². The summed E-state index contributed by atoms with van der Waals surface area (Å²) < 4.78 is 4.50. The molecule has 1 heterocycles. The van der Waals surface area contributed by atoms with Crippen LogP contribution in [0.5, 0.6) is 0 Å². The first-order valence-corrected chi connectivity index (χ1v) is 3.96. The molecule has 0 saturated carbocycles. The maximum atomic E-state index is 11.1. The first-order chi connectivity index (χ1) is 6.77. The summed E-state index contributed by atoms with van der Waals surface area (Å²) in [4.78, 5) is 27.9. The van der Waals surface area contributed by atoms with Gasteiger partial charge in [0.1, 0.15) is 6.04 Å². The van der Waals surface area contributed by atoms with Crippen LogP contribution < -0.4 is 5.32 Å². The molecule has 0 bridgehead atoms. The van der Waals surface area contributed by atoms with Gasteiger partial charge in [0.25, 0.3) is 0 Å². The van der Waals surface area contributed by atoms with Gasteiger partial charge < -0.3 is 15.0 Å². The van der Waals surface area contributed by atoms with Gasteiger partial charge in [-0.15, -0.1) is 0 Å². The zero-order valence-corrected chi connectivity index (χ0v) is 7.61. The van der Waals surface area contributed by atoms with Gasteiger partial charge in [-0.3, -0.25) is 4.79 Å². The van der Waals surface area contributed by atoms with Crippen LogP contribution in [0.4, 0.5) is 0 Å². The van der Waals surface area contributed by atoms with Crippen molar-refractivity contribution >= 4 is 12.4 Å². The summed E-state index contributed by atoms with van der Waals surface area (Å²) in [7, 11) is 1.26. The van der Waals surface area contributed by atoms with Gasteiger partial charge in [0, 0.05) is 12.6 Å². The second-order valence-corrected chi connectivity index (χ2v) is 2.59. The Kier molecular flexibility index (Phi) is 3.66. The van der Waals surface area contributed by atoms with E-state index in [4.69, 9.17) is 0 Å². The molecule has 14 heavy (non-hydrogen) atoms. The highest BCUT2D eigenvalue weighted by molar-refractivity contribution is 5.78. The number of nitrogens with one attached hydrogen (secondary N) is 2. The number of esters is 1. The number of H-pyrrole nitrogens is 1. The van der Waals surface area contributed by atoms with E-state index in [1.807, 2.05) is 0 Å². The lowest BCUT2D eigenvalue weighted by Crippen LogP contribution is -2.38. The molecule has 1 radical (unpaired) electrons. The summed E-state index contributed by atoms with van der Waals surface area (Å²) in [5, 5.41) is 2.24. The fourth-order valence-electron chi connectivity index (χ4n) is 1.02. The highest BCUT2D eigenvalue weighted by Crippen LogP contribution is 1.99. The Morgan fingerprint density at radius 2 is 2.64 bits per heavy atom. The minimum absolute atomic E-state index is 0.283. The summed E-state index contributed by atoms with van der Waals surface area (Å²) in [6, 6.07) is -0.735. The van der Waals surface area contributed by atoms with Crippen molar-refractivity contribution < 1.29 is 14.3 Å². The van der Waals surface area contributed by atoms with Crippen LogP contribution in [0.3, 0.4) is 0 Å². The molecule has 0 spiro atoms. The van der Waals surface area contributed by atoms with Gasteiger partial charge in [0.05, 0.1) is 19.1 Å². The fourth-order valence-corrected chi connectivity index (χ4v) is 1.02. The Morgan fingerprint density at radius 1 is 1.86 bits per heavy atom. The van der Waals surface area contributed by atoms with Crippen molar-refractivity contribution in [3.8, 4) is 0 Å². The van der Waals surface area contributed by atoms with Crippen molar-refractivity contribution in [2.45, 2.75) is 12.5 Å². The van der Waals surface area contributed by atoms with E-state index in [9.17, 15) is 9.59 Å². The van der Waals surface area contributed by atoms with E-state index in [1.165, 1.54) is 19.8 Å². The summed E-state index contributed by atoms with van der Waals surface area (Å²) >= 11 is 0. The Balaban J connectivity index is 2.59. The van der Waals surface area contributed by atoms with Crippen LogP contribution >= 0.6 is 0 Å². The van der Waals surface area contributed by atoms with Gasteiger partial charge in [0.15, 0.2) is 0 Å². The molecule has 1 aromatic heterocycles. The number of nitrogens with zero attached hydrogens (tertiary/aromatic N) is 1. The maximum Gasteiger partial charge on any atom is 0.328 e. The standard InChI is InChI=1S/C8H10N3O3/c1-14-8(13)7(11-5-12)2-6-3-9-4-10-6/h3-4,7H,2H2,1H3,(H,9,10)(H,11,12). The van der Waals surface area contributed by atoms with Gasteiger partial charge >= 0.3 is 12.4 Å². The van der Waals surface area contributed by atoms with Crippen molar-refractivity contribution in [3.63, 3.8) is 0 Å². The fraction of sp³-hybridized carbons (Fsp3) is 0.375. The van der Waals surface area contributed by atoms with E-state index in [1.54, 1.807) is 6.20 Å². The van der Waals surface area contributed by atoms with Crippen molar-refractivity contribution in [1.29, 1.82) is 0 Å². The number of ether oxygens (including phenoxy) is 1. The number of carbonyl (C=O) groups excluding carboxylic acids is 2. The van der Waals surface area contributed by atoms with E-state index in [2.05, 4.69) is 20.0 Å². The second-order valence-electron chi connectivity index (χ2n) is 2.59. The summed E-state index contributed by atoms with van der Waals surface area (Å²) in [5.74, 6) is -0.517. The molecular formula is C8H10N3O3. The van der Waals surface area contributed by atoms with E-state index >= 15 is 0 Å². The largest absolute Gasteiger partial charge is 0.467 e. The SMILES string of the molecule is COC(=O)C(Cc1c[nH]cn1)N[C]=O. The molecule has 0 aliphatic carbocycles. The number of hydrogen-bond acceptors (Lipinski definition) is 4. The summed E-state index contributed by atoms with van der Waals surface area (Å²) in [5.41, 5.74) is 0.670. The smallest absolute Gasteiger partial charge is 0.328 e. The molecule has 1 aromatic rings. The zero-order valence-electron chi connectivity index (χ0n) is 7.61. The third kappa shape index (κ3) is 2.58. The highest BCUT2D eigenvalue weighted by atomic mass is 16.5. The first kappa shape index (κ1) is 10.2. The van der Waals surface area contributed by atoms with Crippen molar-refractivity contribution in [2.24, 2.45) is 0 Å². The third-order valence-electron chi connectivity index (χ3n) is 1.69. The molecule has 0 fully saturated rings. The number of hydrogen-bond donors (Lipinski definition) is 2. The summed E-state index contributed by atoms with van der Waals surface area (Å²) in [6.45, 7) is 0. The monoisotopic (exact) mass is 196 g/mol. The molecule has 0 aliphatic heterocycles. The quantitative estimate of drug-likeness (QED) is 0.474. The van der Waals surface area contributed by atoms with E-state index in [0.29, 0.717) is 5.69 Å². The number of carbonyl (C=O) groups is 1. The number of imidazole rings is 1. The Hall–Kier alpha value is -1.85. The molecule has 1 rings (SSSR count). The lowest BCUT2D eigenvalue weighted by Gasteiger charge is -2.10. The molecule has 6 heteroatoms. The van der Waals surface area contributed by atoms with Crippen LogP contribution in [0, 0.1) is 0 Å². The molecule has 1 unspecified atom stereocenters. The van der Waals surface area contributed by atoms with Crippen molar-refractivity contribution in [3.05, 3.63) is 18.2 Å². The van der Waals surface area contributed by atoms with E-state index < -0.39 is 12.0 Å². The van der Waals surface area contributed by atoms with Gasteiger partial charge in [-0.1, -0.05) is 0 Å². The van der Waals surface area contributed by atoms with Gasteiger partial charge in [-0.05, 0) is 0 Å². The average molecular weight is 196 g/mol. The van der Waals surface area contributed by atoms with Crippen LogP contribution in [0.1, 0.15) is 5.69 Å². The Bertz CT molecular complexity index is 297. The number of amides is 1. The third-order valence-corrected chi connectivity index (χ3v) is 1.69. The first-order valence-electron chi connectivity index (χ1n) is 3.96. The molecule has 75 valence electrons. The molecule has 0 saturated heterocycles. The number of aromatic nitrogens is 2. The summed E-state index contributed by atoms with van der Waals surface area (Å²) in [6.07, 6.45) is 4.88. The van der Waals surface area contributed by atoms with Gasteiger partial charge in [-0.25, -0.2) is 9.78 Å². The lowest BCUT2D eigenvalue weighted by molar-refractivity contribution is -0.142. The van der Waals surface area contributed by atoms with Gasteiger partial charge in [-0.2, -0.15) is 0 Å². The topological polar surface area (TPSA) is 84.1 Å². The van der Waals surface area contributed by atoms with Crippen LogP contribution in [0.25, 0.3) is 0 Å². The van der Waals surface area contributed by atoms with Crippen LogP contribution in [0.15, 0.2) is 12.5 Å². The molecular weight excluding hydrogens is 186 g/mol. The molecule has 1 amide bonds. The molecule has 0 aromatic carbocycles. The molecule has 2 N–H and O–H groups in total. The average Bonchev–Trinajstić information content (AvgIpc) is 2.68. The minimum Gasteiger partial charge on any atom is -0.467 e. The number of aromatic amines is 1. The van der Waals surface area contributed by atoms with Crippen LogP contribution in [-0.4, -0.2) is 35.5 Å². The Labute approximate surface area is 80.7 Å². The molecule has 6 nitrogen and oxygen atoms in total. The van der Waals surface area contributed by atoms with Crippen molar-refractivity contribution in [2.75, 3.05) is 7.11 Å². The van der Waals surface area contributed by atoms with Crippen LogP contribution in [-0.2, 0) is 20.7 Å². The normalized spacial score (nSPS) is 11.8. The number of methoxy groups -OCH3 is 1. The van der Waals surface area contributed by atoms with E-state index in [-0.39, 0.29) is 6.42 Å². The predicted octanol–water partition coefficient (Wildman–Crippen LogP) is -0.849. The number of rotatable bonds is 5. The van der Waals surface area contributed by atoms with E-state index in [0.717, 1.165) is 0 Å².